The van der Waals surface area contributed by atoms with Crippen molar-refractivity contribution in [1.82, 2.24) is 4.98 Å². The highest BCUT2D eigenvalue weighted by atomic mass is 32.1. The zero-order valence-corrected chi connectivity index (χ0v) is 17.3. The summed E-state index contributed by atoms with van der Waals surface area (Å²) >= 11 is 1.34. The third-order valence-electron chi connectivity index (χ3n) is 4.04. The minimum absolute atomic E-state index is 0.252. The van der Waals surface area contributed by atoms with Crippen LogP contribution in [0.4, 0.5) is 5.13 Å². The first-order valence-corrected chi connectivity index (χ1v) is 9.90. The Hall–Kier alpha value is -3.32. The Balaban J connectivity index is 1.67. The molecule has 1 heterocycles. The Morgan fingerprint density at radius 3 is 2.55 bits per heavy atom. The summed E-state index contributed by atoms with van der Waals surface area (Å²) in [4.78, 5) is 16.7. The molecule has 1 aromatic heterocycles. The van der Waals surface area contributed by atoms with Crippen molar-refractivity contribution in [3.63, 3.8) is 0 Å². The number of rotatable bonds is 8. The Bertz CT molecular complexity index is 996. The van der Waals surface area contributed by atoms with Crippen molar-refractivity contribution in [1.29, 1.82) is 0 Å². The number of thiazole rings is 1. The van der Waals surface area contributed by atoms with Crippen LogP contribution in [0.5, 0.6) is 17.2 Å². The number of benzene rings is 2. The van der Waals surface area contributed by atoms with Crippen LogP contribution in [0, 0.1) is 0 Å². The number of carbonyl (C=O) groups is 1. The molecule has 0 saturated heterocycles. The lowest BCUT2D eigenvalue weighted by Gasteiger charge is -2.08. The number of carbonyl (C=O) groups excluding carboxylic acids is 1. The summed E-state index contributed by atoms with van der Waals surface area (Å²) in [5.74, 6) is 1.94. The maximum atomic E-state index is 12.2. The second-order valence-corrected chi connectivity index (χ2v) is 6.79. The molecule has 1 amide bonds. The van der Waals surface area contributed by atoms with Crippen molar-refractivity contribution in [2.75, 3.05) is 26.1 Å². The summed E-state index contributed by atoms with van der Waals surface area (Å²) in [5.41, 5.74) is 2.41. The lowest BCUT2D eigenvalue weighted by atomic mass is 10.1. The highest BCUT2D eigenvalue weighted by Gasteiger charge is 2.12. The van der Waals surface area contributed by atoms with E-state index in [1.807, 2.05) is 54.8 Å². The molecule has 6 nitrogen and oxygen atoms in total. The van der Waals surface area contributed by atoms with Crippen LogP contribution in [0.1, 0.15) is 12.5 Å². The van der Waals surface area contributed by atoms with Gasteiger partial charge in [-0.25, -0.2) is 4.98 Å². The second-order valence-electron chi connectivity index (χ2n) is 5.93. The van der Waals surface area contributed by atoms with Gasteiger partial charge in [0.25, 0.3) is 0 Å². The lowest BCUT2D eigenvalue weighted by molar-refractivity contribution is -0.111. The molecule has 0 fully saturated rings. The highest BCUT2D eigenvalue weighted by Crippen LogP contribution is 2.35. The number of amides is 1. The molecular formula is C22H22N2O4S. The van der Waals surface area contributed by atoms with Gasteiger partial charge in [-0.2, -0.15) is 0 Å². The first-order chi connectivity index (χ1) is 14.1. The Labute approximate surface area is 173 Å². The molecule has 2 aromatic carbocycles. The van der Waals surface area contributed by atoms with Gasteiger partial charge in [-0.1, -0.05) is 12.1 Å². The van der Waals surface area contributed by atoms with E-state index in [-0.39, 0.29) is 5.91 Å². The molecule has 0 bridgehead atoms. The van der Waals surface area contributed by atoms with Crippen LogP contribution in [0.15, 0.2) is 53.9 Å². The van der Waals surface area contributed by atoms with Crippen molar-refractivity contribution in [3.8, 4) is 28.5 Å². The summed E-state index contributed by atoms with van der Waals surface area (Å²) in [7, 11) is 3.21. The van der Waals surface area contributed by atoms with E-state index in [2.05, 4.69) is 10.3 Å². The predicted molar refractivity (Wildman–Crippen MR) is 116 cm³/mol. The number of aromatic nitrogens is 1. The molecular weight excluding hydrogens is 388 g/mol. The summed E-state index contributed by atoms with van der Waals surface area (Å²) < 4.78 is 16.1. The van der Waals surface area contributed by atoms with E-state index in [9.17, 15) is 4.79 Å². The number of anilines is 1. The summed E-state index contributed by atoms with van der Waals surface area (Å²) in [5, 5.41) is 5.15. The molecule has 0 unspecified atom stereocenters. The van der Waals surface area contributed by atoms with E-state index in [0.717, 1.165) is 16.9 Å². The van der Waals surface area contributed by atoms with Crippen LogP contribution in [-0.4, -0.2) is 31.7 Å². The molecule has 29 heavy (non-hydrogen) atoms. The third kappa shape index (κ3) is 5.36. The molecule has 1 N–H and O–H groups in total. The van der Waals surface area contributed by atoms with Gasteiger partial charge in [-0.05, 0) is 48.9 Å². The first-order valence-electron chi connectivity index (χ1n) is 9.02. The SMILES string of the molecule is CCOc1ccc(/C=C/C(=O)Nc2nc(-c3cc(OC)ccc3OC)cs2)cc1. The van der Waals surface area contributed by atoms with E-state index < -0.39 is 0 Å². The number of methoxy groups -OCH3 is 2. The van der Waals surface area contributed by atoms with Crippen LogP contribution in [-0.2, 0) is 4.79 Å². The topological polar surface area (TPSA) is 69.7 Å². The second kappa shape index (κ2) is 9.75. The van der Waals surface area contributed by atoms with Crippen molar-refractivity contribution in [2.24, 2.45) is 0 Å². The first kappa shape index (κ1) is 20.4. The quantitative estimate of drug-likeness (QED) is 0.536. The highest BCUT2D eigenvalue weighted by molar-refractivity contribution is 7.14. The van der Waals surface area contributed by atoms with Crippen molar-refractivity contribution in [2.45, 2.75) is 6.92 Å². The van der Waals surface area contributed by atoms with Gasteiger partial charge in [0.05, 0.1) is 26.5 Å². The minimum atomic E-state index is -0.252. The van der Waals surface area contributed by atoms with Gasteiger partial charge in [0, 0.05) is 17.0 Å². The van der Waals surface area contributed by atoms with E-state index in [0.29, 0.717) is 28.9 Å². The van der Waals surface area contributed by atoms with Crippen LogP contribution in [0.2, 0.25) is 0 Å². The molecule has 0 saturated carbocycles. The Morgan fingerprint density at radius 1 is 1.10 bits per heavy atom. The number of ether oxygens (including phenoxy) is 3. The molecule has 0 radical (unpaired) electrons. The average molecular weight is 410 g/mol. The largest absolute Gasteiger partial charge is 0.497 e. The van der Waals surface area contributed by atoms with Crippen molar-refractivity contribution in [3.05, 3.63) is 59.5 Å². The van der Waals surface area contributed by atoms with Crippen molar-refractivity contribution >= 4 is 28.5 Å². The van der Waals surface area contributed by atoms with E-state index in [4.69, 9.17) is 14.2 Å². The zero-order chi connectivity index (χ0) is 20.6. The fourth-order valence-corrected chi connectivity index (χ4v) is 3.34. The summed E-state index contributed by atoms with van der Waals surface area (Å²) in [6, 6.07) is 13.0. The summed E-state index contributed by atoms with van der Waals surface area (Å²) in [6.07, 6.45) is 3.22. The molecule has 0 aliphatic rings. The Kier molecular flexibility index (Phi) is 6.86. The number of hydrogen-bond acceptors (Lipinski definition) is 6. The van der Waals surface area contributed by atoms with E-state index >= 15 is 0 Å². The third-order valence-corrected chi connectivity index (χ3v) is 4.79. The van der Waals surface area contributed by atoms with Crippen LogP contribution in [0.3, 0.4) is 0 Å². The van der Waals surface area contributed by atoms with Gasteiger partial charge in [-0.15, -0.1) is 11.3 Å². The molecule has 0 atom stereocenters. The smallest absolute Gasteiger partial charge is 0.250 e. The Morgan fingerprint density at radius 2 is 1.86 bits per heavy atom. The molecule has 0 aliphatic carbocycles. The zero-order valence-electron chi connectivity index (χ0n) is 16.5. The summed E-state index contributed by atoms with van der Waals surface area (Å²) in [6.45, 7) is 2.56. The van der Waals surface area contributed by atoms with Gasteiger partial charge in [0.15, 0.2) is 5.13 Å². The monoisotopic (exact) mass is 410 g/mol. The maximum Gasteiger partial charge on any atom is 0.250 e. The van der Waals surface area contributed by atoms with Crippen LogP contribution >= 0.6 is 11.3 Å². The minimum Gasteiger partial charge on any atom is -0.497 e. The lowest BCUT2D eigenvalue weighted by Crippen LogP contribution is -2.07. The maximum absolute atomic E-state index is 12.2. The standard InChI is InChI=1S/C22H22N2O4S/c1-4-28-16-8-5-15(6-9-16)7-12-21(25)24-22-23-19(14-29-22)18-13-17(26-2)10-11-20(18)27-3/h5-14H,4H2,1-3H3,(H,23,24,25)/b12-7+. The molecule has 3 aromatic rings. The number of nitrogens with zero attached hydrogens (tertiary/aromatic N) is 1. The van der Waals surface area contributed by atoms with Gasteiger partial charge in [0.1, 0.15) is 17.2 Å². The van der Waals surface area contributed by atoms with Gasteiger partial charge < -0.3 is 14.2 Å². The molecule has 0 aliphatic heterocycles. The predicted octanol–water partition coefficient (Wildman–Crippen LogP) is 4.88. The van der Waals surface area contributed by atoms with E-state index in [1.165, 1.54) is 17.4 Å². The molecule has 0 spiro atoms. The number of nitrogens with one attached hydrogen (secondary N) is 1. The number of hydrogen-bond donors (Lipinski definition) is 1. The average Bonchev–Trinajstić information content (AvgIpc) is 3.21. The van der Waals surface area contributed by atoms with Gasteiger partial charge in [-0.3, -0.25) is 10.1 Å². The van der Waals surface area contributed by atoms with Gasteiger partial charge in [0.2, 0.25) is 5.91 Å². The fraction of sp³-hybridized carbons (Fsp3) is 0.182. The van der Waals surface area contributed by atoms with Crippen LogP contribution in [0.25, 0.3) is 17.3 Å². The fourth-order valence-electron chi connectivity index (χ4n) is 2.63. The molecule has 3 rings (SSSR count). The normalized spacial score (nSPS) is 10.7. The molecule has 150 valence electrons. The van der Waals surface area contributed by atoms with Gasteiger partial charge >= 0.3 is 0 Å². The van der Waals surface area contributed by atoms with Crippen molar-refractivity contribution < 1.29 is 19.0 Å². The van der Waals surface area contributed by atoms with E-state index in [1.54, 1.807) is 20.3 Å². The molecule has 7 heteroatoms. The van der Waals surface area contributed by atoms with Crippen LogP contribution < -0.4 is 19.5 Å².